The lowest BCUT2D eigenvalue weighted by molar-refractivity contribution is 0.0950. The number of hydrogen-bond donors (Lipinski definition) is 1. The van der Waals surface area contributed by atoms with Gasteiger partial charge >= 0.3 is 0 Å². The van der Waals surface area contributed by atoms with Crippen LogP contribution < -0.4 is 5.32 Å². The van der Waals surface area contributed by atoms with Crippen molar-refractivity contribution in [2.45, 2.75) is 20.4 Å². The Morgan fingerprint density at radius 1 is 1.33 bits per heavy atom. The summed E-state index contributed by atoms with van der Waals surface area (Å²) in [6.45, 7) is 4.43. The zero-order valence-electron chi connectivity index (χ0n) is 11.2. The van der Waals surface area contributed by atoms with Crippen molar-refractivity contribution in [2.24, 2.45) is 14.1 Å². The van der Waals surface area contributed by atoms with Crippen LogP contribution in [-0.2, 0) is 20.6 Å². The smallest absolute Gasteiger partial charge is 0.253 e. The monoisotopic (exact) mass is 246 g/mol. The first kappa shape index (κ1) is 12.4. The summed E-state index contributed by atoms with van der Waals surface area (Å²) in [5.74, 6) is -0.0450. The molecule has 5 nitrogen and oxygen atoms in total. The molecule has 96 valence electrons. The van der Waals surface area contributed by atoms with Gasteiger partial charge in [0.1, 0.15) is 0 Å². The van der Waals surface area contributed by atoms with E-state index in [2.05, 4.69) is 10.4 Å². The Kier molecular flexibility index (Phi) is 3.23. The zero-order chi connectivity index (χ0) is 13.3. The van der Waals surface area contributed by atoms with Crippen LogP contribution in [0.15, 0.2) is 18.5 Å². The van der Waals surface area contributed by atoms with Crippen LogP contribution in [0.4, 0.5) is 0 Å². The Morgan fingerprint density at radius 2 is 2.06 bits per heavy atom. The molecule has 0 spiro atoms. The molecule has 0 fully saturated rings. The largest absolute Gasteiger partial charge is 0.354 e. The minimum absolute atomic E-state index is 0.0450. The molecule has 5 heteroatoms. The van der Waals surface area contributed by atoms with E-state index in [0.717, 1.165) is 22.5 Å². The third-order valence-electron chi connectivity index (χ3n) is 3.40. The zero-order valence-corrected chi connectivity index (χ0v) is 11.2. The first-order valence-corrected chi connectivity index (χ1v) is 5.88. The highest BCUT2D eigenvalue weighted by atomic mass is 16.1. The summed E-state index contributed by atoms with van der Waals surface area (Å²) in [6, 6.07) is 1.83. The van der Waals surface area contributed by atoms with Crippen LogP contribution in [-0.4, -0.2) is 20.3 Å². The van der Waals surface area contributed by atoms with E-state index in [0.29, 0.717) is 6.54 Å². The number of nitrogens with zero attached hydrogens (tertiary/aromatic N) is 3. The van der Waals surface area contributed by atoms with Crippen molar-refractivity contribution < 1.29 is 4.79 Å². The van der Waals surface area contributed by atoms with Gasteiger partial charge in [0.15, 0.2) is 0 Å². The Labute approximate surface area is 106 Å². The number of hydrogen-bond acceptors (Lipinski definition) is 2. The Hall–Kier alpha value is -2.04. The third-order valence-corrected chi connectivity index (χ3v) is 3.40. The van der Waals surface area contributed by atoms with Crippen molar-refractivity contribution in [3.63, 3.8) is 0 Å². The lowest BCUT2D eigenvalue weighted by Gasteiger charge is -2.05. The van der Waals surface area contributed by atoms with Crippen molar-refractivity contribution in [1.82, 2.24) is 19.7 Å². The maximum Gasteiger partial charge on any atom is 0.253 e. The molecule has 18 heavy (non-hydrogen) atoms. The average Bonchev–Trinajstić information content (AvgIpc) is 2.83. The van der Waals surface area contributed by atoms with E-state index in [4.69, 9.17) is 0 Å². The van der Waals surface area contributed by atoms with Crippen molar-refractivity contribution in [3.8, 4) is 0 Å². The third kappa shape index (κ3) is 2.16. The number of aromatic nitrogens is 3. The molecule has 0 aliphatic heterocycles. The minimum atomic E-state index is -0.0450. The van der Waals surface area contributed by atoms with E-state index in [1.165, 1.54) is 0 Å². The summed E-state index contributed by atoms with van der Waals surface area (Å²) in [5, 5.41) is 7.07. The number of amides is 1. The molecule has 0 unspecified atom stereocenters. The van der Waals surface area contributed by atoms with E-state index in [1.54, 1.807) is 10.9 Å². The van der Waals surface area contributed by atoms with Gasteiger partial charge in [0.25, 0.3) is 5.91 Å². The number of carbonyl (C=O) groups excluding carboxylic acids is 1. The molecule has 2 aromatic rings. The molecule has 0 saturated heterocycles. The van der Waals surface area contributed by atoms with Gasteiger partial charge in [0.2, 0.25) is 0 Å². The highest BCUT2D eigenvalue weighted by Gasteiger charge is 2.12. The lowest BCUT2D eigenvalue weighted by atomic mass is 10.2. The van der Waals surface area contributed by atoms with Gasteiger partial charge in [-0.15, -0.1) is 0 Å². The number of rotatable bonds is 3. The Balaban J connectivity index is 2.05. The van der Waals surface area contributed by atoms with Crippen LogP contribution in [0.1, 0.15) is 27.3 Å². The van der Waals surface area contributed by atoms with Gasteiger partial charge in [-0.3, -0.25) is 9.48 Å². The topological polar surface area (TPSA) is 51.9 Å². The summed E-state index contributed by atoms with van der Waals surface area (Å²) >= 11 is 0. The molecule has 0 aliphatic rings. The van der Waals surface area contributed by atoms with Gasteiger partial charge in [-0.25, -0.2) is 0 Å². The van der Waals surface area contributed by atoms with Crippen molar-refractivity contribution in [2.75, 3.05) is 0 Å². The van der Waals surface area contributed by atoms with Crippen LogP contribution >= 0.6 is 0 Å². The van der Waals surface area contributed by atoms with Gasteiger partial charge in [-0.1, -0.05) is 0 Å². The fourth-order valence-electron chi connectivity index (χ4n) is 1.84. The highest BCUT2D eigenvalue weighted by molar-refractivity contribution is 5.95. The number of nitrogens with one attached hydrogen (secondary N) is 1. The van der Waals surface area contributed by atoms with E-state index in [-0.39, 0.29) is 5.91 Å². The second kappa shape index (κ2) is 4.68. The molecule has 0 atom stereocenters. The summed E-state index contributed by atoms with van der Waals surface area (Å²) in [4.78, 5) is 12.0. The van der Waals surface area contributed by atoms with E-state index in [9.17, 15) is 4.79 Å². The molecule has 0 radical (unpaired) electrons. The predicted octanol–water partition coefficient (Wildman–Crippen LogP) is 1.31. The van der Waals surface area contributed by atoms with Gasteiger partial charge < -0.3 is 9.88 Å². The normalized spacial score (nSPS) is 10.7. The summed E-state index contributed by atoms with van der Waals surface area (Å²) in [5.41, 5.74) is 3.80. The number of carbonyl (C=O) groups is 1. The second-order valence-electron chi connectivity index (χ2n) is 4.49. The van der Waals surface area contributed by atoms with Crippen LogP contribution in [0, 0.1) is 13.8 Å². The van der Waals surface area contributed by atoms with E-state index >= 15 is 0 Å². The Bertz CT molecular complexity index is 580. The summed E-state index contributed by atoms with van der Waals surface area (Å²) in [7, 11) is 3.82. The molecule has 1 amide bonds. The molecule has 1 N–H and O–H groups in total. The SMILES string of the molecule is Cc1c(C(=O)NCc2cnn(C)c2C)ccn1C. The molecule has 2 aromatic heterocycles. The standard InChI is InChI=1S/C13H18N4O/c1-9-11(8-15-17(9)4)7-14-13(18)12-5-6-16(3)10(12)2/h5-6,8H,7H2,1-4H3,(H,14,18). The maximum absolute atomic E-state index is 12.0. The minimum Gasteiger partial charge on any atom is -0.354 e. The van der Waals surface area contributed by atoms with Crippen LogP contribution in [0.2, 0.25) is 0 Å². The molecular weight excluding hydrogens is 228 g/mol. The van der Waals surface area contributed by atoms with Crippen LogP contribution in [0.25, 0.3) is 0 Å². The molecule has 0 aliphatic carbocycles. The molecule has 0 bridgehead atoms. The fraction of sp³-hybridized carbons (Fsp3) is 0.385. The van der Waals surface area contributed by atoms with Gasteiger partial charge in [-0.2, -0.15) is 5.10 Å². The predicted molar refractivity (Wildman–Crippen MR) is 69.3 cm³/mol. The van der Waals surface area contributed by atoms with E-state index < -0.39 is 0 Å². The maximum atomic E-state index is 12.0. The molecule has 2 heterocycles. The molecule has 0 saturated carbocycles. The lowest BCUT2D eigenvalue weighted by Crippen LogP contribution is -2.23. The van der Waals surface area contributed by atoms with Crippen LogP contribution in [0.5, 0.6) is 0 Å². The molecule has 2 rings (SSSR count). The highest BCUT2D eigenvalue weighted by Crippen LogP contribution is 2.09. The van der Waals surface area contributed by atoms with Gasteiger partial charge in [-0.05, 0) is 19.9 Å². The average molecular weight is 246 g/mol. The van der Waals surface area contributed by atoms with Crippen molar-refractivity contribution >= 4 is 5.91 Å². The van der Waals surface area contributed by atoms with Crippen molar-refractivity contribution in [3.05, 3.63) is 41.0 Å². The summed E-state index contributed by atoms with van der Waals surface area (Å²) < 4.78 is 3.74. The Morgan fingerprint density at radius 3 is 2.56 bits per heavy atom. The number of aryl methyl sites for hydroxylation is 2. The summed E-state index contributed by atoms with van der Waals surface area (Å²) in [6.07, 6.45) is 3.67. The van der Waals surface area contributed by atoms with Gasteiger partial charge in [0.05, 0.1) is 11.8 Å². The van der Waals surface area contributed by atoms with E-state index in [1.807, 2.05) is 44.8 Å². The van der Waals surface area contributed by atoms with Crippen LogP contribution in [0.3, 0.4) is 0 Å². The fourth-order valence-corrected chi connectivity index (χ4v) is 1.84. The van der Waals surface area contributed by atoms with Gasteiger partial charge in [0, 0.05) is 43.8 Å². The first-order chi connectivity index (χ1) is 8.50. The van der Waals surface area contributed by atoms with Crippen molar-refractivity contribution in [1.29, 1.82) is 0 Å². The first-order valence-electron chi connectivity index (χ1n) is 5.88. The quantitative estimate of drug-likeness (QED) is 0.887. The molecule has 0 aromatic carbocycles. The molecular formula is C13H18N4O. The second-order valence-corrected chi connectivity index (χ2v) is 4.49.